The highest BCUT2D eigenvalue weighted by Crippen LogP contribution is 2.16. The Kier molecular flexibility index (Phi) is 5.77. The molecule has 0 radical (unpaired) electrons. The van der Waals surface area contributed by atoms with Gasteiger partial charge < -0.3 is 0 Å². The van der Waals surface area contributed by atoms with Crippen molar-refractivity contribution >= 4 is 27.7 Å². The highest BCUT2D eigenvalue weighted by molar-refractivity contribution is 7.92. The van der Waals surface area contributed by atoms with E-state index in [1.807, 2.05) is 49.4 Å². The maximum atomic E-state index is 12.4. The molecule has 0 aliphatic heterocycles. The van der Waals surface area contributed by atoms with E-state index in [-0.39, 0.29) is 0 Å². The van der Waals surface area contributed by atoms with Gasteiger partial charge in [0.1, 0.15) is 0 Å². The summed E-state index contributed by atoms with van der Waals surface area (Å²) in [4.78, 5) is 0. The lowest BCUT2D eigenvalue weighted by molar-refractivity contribution is 0.430. The van der Waals surface area contributed by atoms with Crippen LogP contribution in [0, 0.1) is 0 Å². The third kappa shape index (κ3) is 4.70. The predicted octanol–water partition coefficient (Wildman–Crippen LogP) is 4.16. The number of sulfonamides is 1. The van der Waals surface area contributed by atoms with Crippen LogP contribution in [0.3, 0.4) is 0 Å². The first-order valence-corrected chi connectivity index (χ1v) is 8.87. The van der Waals surface area contributed by atoms with Crippen LogP contribution in [-0.2, 0) is 16.6 Å². The molecular weight excluding hydrogens is 318 g/mol. The fourth-order valence-corrected chi connectivity index (χ4v) is 3.44. The van der Waals surface area contributed by atoms with E-state index in [0.29, 0.717) is 18.1 Å². The first-order chi connectivity index (χ1) is 10.5. The molecule has 0 fully saturated rings. The van der Waals surface area contributed by atoms with Crippen LogP contribution in [0.1, 0.15) is 18.1 Å². The topological polar surface area (TPSA) is 37.4 Å². The van der Waals surface area contributed by atoms with E-state index >= 15 is 0 Å². The molecule has 0 bridgehead atoms. The average molecular weight is 336 g/mol. The highest BCUT2D eigenvalue weighted by atomic mass is 35.5. The second kappa shape index (κ2) is 7.58. The van der Waals surface area contributed by atoms with Crippen molar-refractivity contribution in [1.82, 2.24) is 4.31 Å². The molecule has 0 aliphatic carbocycles. The van der Waals surface area contributed by atoms with E-state index in [1.165, 1.54) is 9.71 Å². The molecule has 0 heterocycles. The minimum absolute atomic E-state index is 0.304. The number of rotatable bonds is 6. The molecule has 0 N–H and O–H groups in total. The van der Waals surface area contributed by atoms with E-state index in [9.17, 15) is 8.42 Å². The Morgan fingerprint density at radius 2 is 1.82 bits per heavy atom. The van der Waals surface area contributed by atoms with Gasteiger partial charge in [0.15, 0.2) is 0 Å². The Labute approximate surface area is 136 Å². The van der Waals surface area contributed by atoms with Gasteiger partial charge in [0, 0.05) is 23.5 Å². The lowest BCUT2D eigenvalue weighted by atomic mass is 10.2. The lowest BCUT2D eigenvalue weighted by Crippen LogP contribution is -2.28. The quantitative estimate of drug-likeness (QED) is 0.794. The predicted molar refractivity (Wildman–Crippen MR) is 91.9 cm³/mol. The molecule has 0 saturated heterocycles. The van der Waals surface area contributed by atoms with Gasteiger partial charge in [-0.15, -0.1) is 0 Å². The molecule has 3 nitrogen and oxygen atoms in total. The van der Waals surface area contributed by atoms with Gasteiger partial charge in [0.25, 0.3) is 0 Å². The third-order valence-electron chi connectivity index (χ3n) is 3.19. The van der Waals surface area contributed by atoms with Crippen molar-refractivity contribution in [2.45, 2.75) is 13.5 Å². The van der Waals surface area contributed by atoms with Crippen LogP contribution in [0.5, 0.6) is 0 Å². The average Bonchev–Trinajstić information content (AvgIpc) is 2.52. The zero-order chi connectivity index (χ0) is 16.0. The van der Waals surface area contributed by atoms with Crippen molar-refractivity contribution in [3.63, 3.8) is 0 Å². The smallest absolute Gasteiger partial charge is 0.207 e. The van der Waals surface area contributed by atoms with Crippen molar-refractivity contribution in [2.75, 3.05) is 6.54 Å². The molecule has 2 aromatic carbocycles. The summed E-state index contributed by atoms with van der Waals surface area (Å²) in [5, 5.41) is 1.85. The van der Waals surface area contributed by atoms with Crippen molar-refractivity contribution < 1.29 is 8.42 Å². The molecule has 0 unspecified atom stereocenters. The maximum Gasteiger partial charge on any atom is 0.236 e. The van der Waals surface area contributed by atoms with Crippen LogP contribution in [0.4, 0.5) is 0 Å². The fourth-order valence-electron chi connectivity index (χ4n) is 2.04. The van der Waals surface area contributed by atoms with Gasteiger partial charge in [0.05, 0.1) is 0 Å². The van der Waals surface area contributed by atoms with E-state index in [2.05, 4.69) is 0 Å². The summed E-state index contributed by atoms with van der Waals surface area (Å²) in [6.45, 7) is 2.52. The van der Waals surface area contributed by atoms with E-state index in [4.69, 9.17) is 11.6 Å². The van der Waals surface area contributed by atoms with Crippen LogP contribution < -0.4 is 0 Å². The largest absolute Gasteiger partial charge is 0.236 e. The zero-order valence-electron chi connectivity index (χ0n) is 12.3. The molecular formula is C17H18ClNO2S. The molecule has 0 spiro atoms. The summed E-state index contributed by atoms with van der Waals surface area (Å²) in [6, 6.07) is 16.6. The minimum Gasteiger partial charge on any atom is -0.207 e. The number of nitrogens with zero attached hydrogens (tertiary/aromatic N) is 1. The summed E-state index contributed by atoms with van der Waals surface area (Å²) in [7, 11) is -3.47. The molecule has 2 rings (SSSR count). The SMILES string of the molecule is CCN(Cc1cccc(Cl)c1)S(=O)(=O)/C=C/c1ccccc1. The van der Waals surface area contributed by atoms with Gasteiger partial charge in [-0.05, 0) is 29.3 Å². The first kappa shape index (κ1) is 16.7. The van der Waals surface area contributed by atoms with Gasteiger partial charge in [-0.2, -0.15) is 4.31 Å². The van der Waals surface area contributed by atoms with Crippen LogP contribution in [0.2, 0.25) is 5.02 Å². The highest BCUT2D eigenvalue weighted by Gasteiger charge is 2.17. The Morgan fingerprint density at radius 1 is 1.09 bits per heavy atom. The van der Waals surface area contributed by atoms with Crippen LogP contribution in [0.25, 0.3) is 6.08 Å². The number of hydrogen-bond donors (Lipinski definition) is 0. The van der Waals surface area contributed by atoms with E-state index in [0.717, 1.165) is 11.1 Å². The Balaban J connectivity index is 2.16. The van der Waals surface area contributed by atoms with Crippen LogP contribution in [-0.4, -0.2) is 19.3 Å². The summed E-state index contributed by atoms with van der Waals surface area (Å²) in [5.74, 6) is 0. The fraction of sp³-hybridized carbons (Fsp3) is 0.176. The molecule has 2 aromatic rings. The Hall–Kier alpha value is -1.62. The Morgan fingerprint density at radius 3 is 2.45 bits per heavy atom. The molecule has 0 aromatic heterocycles. The summed E-state index contributed by atoms with van der Waals surface area (Å²) in [5.41, 5.74) is 1.72. The number of hydrogen-bond acceptors (Lipinski definition) is 2. The van der Waals surface area contributed by atoms with Gasteiger partial charge in [-0.3, -0.25) is 0 Å². The molecule has 22 heavy (non-hydrogen) atoms. The van der Waals surface area contributed by atoms with Gasteiger partial charge in [0.2, 0.25) is 10.0 Å². The number of halogens is 1. The van der Waals surface area contributed by atoms with E-state index < -0.39 is 10.0 Å². The molecule has 5 heteroatoms. The molecule has 0 amide bonds. The number of benzene rings is 2. The summed E-state index contributed by atoms with van der Waals surface area (Å²) >= 11 is 5.95. The van der Waals surface area contributed by atoms with Crippen molar-refractivity contribution in [2.24, 2.45) is 0 Å². The summed E-state index contributed by atoms with van der Waals surface area (Å²) < 4.78 is 26.3. The first-order valence-electron chi connectivity index (χ1n) is 6.99. The van der Waals surface area contributed by atoms with Crippen LogP contribution in [0.15, 0.2) is 60.0 Å². The standard InChI is InChI=1S/C17H18ClNO2S/c1-2-19(14-16-9-6-10-17(18)13-16)22(20,21)12-11-15-7-4-3-5-8-15/h3-13H,2,14H2,1H3/b12-11+. The normalized spacial score (nSPS) is 12.1. The minimum atomic E-state index is -3.47. The molecule has 0 aliphatic rings. The van der Waals surface area contributed by atoms with Crippen molar-refractivity contribution in [3.8, 4) is 0 Å². The van der Waals surface area contributed by atoms with Crippen molar-refractivity contribution in [3.05, 3.63) is 76.2 Å². The van der Waals surface area contributed by atoms with E-state index in [1.54, 1.807) is 18.2 Å². The van der Waals surface area contributed by atoms with Crippen LogP contribution >= 0.6 is 11.6 Å². The lowest BCUT2D eigenvalue weighted by Gasteiger charge is -2.18. The molecule has 116 valence electrons. The maximum absolute atomic E-state index is 12.4. The summed E-state index contributed by atoms with van der Waals surface area (Å²) in [6.07, 6.45) is 1.61. The third-order valence-corrected chi connectivity index (χ3v) is 5.01. The van der Waals surface area contributed by atoms with Gasteiger partial charge in [-0.1, -0.05) is 61.0 Å². The monoisotopic (exact) mass is 335 g/mol. The zero-order valence-corrected chi connectivity index (χ0v) is 13.9. The van der Waals surface area contributed by atoms with Gasteiger partial charge in [-0.25, -0.2) is 8.42 Å². The second-order valence-corrected chi connectivity index (χ2v) is 7.07. The van der Waals surface area contributed by atoms with Gasteiger partial charge >= 0.3 is 0 Å². The molecule has 0 saturated carbocycles. The van der Waals surface area contributed by atoms with Crippen molar-refractivity contribution in [1.29, 1.82) is 0 Å². The second-order valence-electron chi connectivity index (χ2n) is 4.81. The molecule has 0 atom stereocenters. The Bertz CT molecular complexity index is 742.